The van der Waals surface area contributed by atoms with Gasteiger partial charge in [0.15, 0.2) is 5.78 Å². The van der Waals surface area contributed by atoms with Crippen LogP contribution in [0, 0.1) is 20.8 Å². The van der Waals surface area contributed by atoms with E-state index >= 15 is 0 Å². The molecule has 0 saturated carbocycles. The lowest BCUT2D eigenvalue weighted by Gasteiger charge is -2.38. The number of aromatic amines is 2. The summed E-state index contributed by atoms with van der Waals surface area (Å²) in [5.41, 5.74) is 6.74. The van der Waals surface area contributed by atoms with Gasteiger partial charge in [0.25, 0.3) is 0 Å². The molecule has 5 heterocycles. The van der Waals surface area contributed by atoms with Crippen molar-refractivity contribution in [3.05, 3.63) is 52.7 Å². The van der Waals surface area contributed by atoms with Gasteiger partial charge < -0.3 is 9.88 Å². The Balaban J connectivity index is 1.37. The number of carbonyl (C=O) groups excluding carboxylic acids is 2. The molecule has 0 atom stereocenters. The first-order chi connectivity index (χ1) is 15.3. The normalized spacial score (nSPS) is 14.2. The molecule has 0 spiro atoms. The first kappa shape index (κ1) is 20.2. The molecule has 0 unspecified atom stereocenters. The van der Waals surface area contributed by atoms with Gasteiger partial charge in [0, 0.05) is 61.0 Å². The van der Waals surface area contributed by atoms with Crippen LogP contribution in [0.1, 0.15) is 46.0 Å². The number of hydrogen-bond acceptors (Lipinski definition) is 5. The van der Waals surface area contributed by atoms with Gasteiger partial charge in [-0.1, -0.05) is 0 Å². The summed E-state index contributed by atoms with van der Waals surface area (Å²) < 4.78 is 1.95. The van der Waals surface area contributed by atoms with Crippen LogP contribution in [0.3, 0.4) is 0 Å². The fraction of sp³-hybridized carbons (Fsp3) is 0.348. The van der Waals surface area contributed by atoms with Crippen molar-refractivity contribution in [3.8, 4) is 11.3 Å². The minimum atomic E-state index is -0.0269. The molecule has 0 bridgehead atoms. The topological polar surface area (TPSA) is 113 Å². The molecule has 1 aliphatic rings. The zero-order valence-corrected chi connectivity index (χ0v) is 18.6. The van der Waals surface area contributed by atoms with Crippen LogP contribution in [0.15, 0.2) is 24.5 Å². The number of H-pyrrole nitrogens is 2. The minimum absolute atomic E-state index is 0.0269. The molecule has 32 heavy (non-hydrogen) atoms. The lowest BCUT2D eigenvalue weighted by Crippen LogP contribution is -2.50. The summed E-state index contributed by atoms with van der Waals surface area (Å²) in [7, 11) is 0. The van der Waals surface area contributed by atoms with Crippen LogP contribution in [0.5, 0.6) is 0 Å². The molecule has 1 aliphatic heterocycles. The quantitative estimate of drug-likeness (QED) is 0.472. The molecular formula is C23H25N7O2. The molecule has 0 aromatic carbocycles. The Kier molecular flexibility index (Phi) is 4.69. The standard InChI is InChI=1S/C23H25N7O2/c1-12-13(2)26-27-22(12)21(32)6-16-5-17-7-20(25-23(17)24-8-16)19-11-30(28-14(19)3)18-9-29(10-18)15(4)31/h5,7-8,11,18H,6,9-10H2,1-4H3,(H,24,25)(H,26,27). The van der Waals surface area contributed by atoms with Gasteiger partial charge in [-0.05, 0) is 38.5 Å². The summed E-state index contributed by atoms with van der Waals surface area (Å²) in [6.45, 7) is 8.75. The number of amides is 1. The van der Waals surface area contributed by atoms with Gasteiger partial charge in [0.2, 0.25) is 5.91 Å². The second-order valence-corrected chi connectivity index (χ2v) is 8.57. The van der Waals surface area contributed by atoms with E-state index in [1.165, 1.54) is 0 Å². The molecule has 1 saturated heterocycles. The predicted molar refractivity (Wildman–Crippen MR) is 119 cm³/mol. The van der Waals surface area contributed by atoms with Gasteiger partial charge in [-0.2, -0.15) is 10.2 Å². The van der Waals surface area contributed by atoms with E-state index in [1.54, 1.807) is 13.1 Å². The molecule has 4 aromatic rings. The van der Waals surface area contributed by atoms with Crippen LogP contribution in [0.4, 0.5) is 0 Å². The molecule has 9 heteroatoms. The summed E-state index contributed by atoms with van der Waals surface area (Å²) in [4.78, 5) is 33.8. The lowest BCUT2D eigenvalue weighted by molar-refractivity contribution is -0.134. The van der Waals surface area contributed by atoms with Gasteiger partial charge in [0.05, 0.1) is 17.4 Å². The number of pyridine rings is 1. The summed E-state index contributed by atoms with van der Waals surface area (Å²) in [6, 6.07) is 4.24. The van der Waals surface area contributed by atoms with Crippen LogP contribution in [-0.4, -0.2) is 59.6 Å². The molecule has 0 aliphatic carbocycles. The van der Waals surface area contributed by atoms with Crippen LogP contribution in [-0.2, 0) is 11.2 Å². The highest BCUT2D eigenvalue weighted by atomic mass is 16.2. The molecule has 4 aromatic heterocycles. The molecular weight excluding hydrogens is 406 g/mol. The third-order valence-corrected chi connectivity index (χ3v) is 6.30. The number of aryl methyl sites for hydroxylation is 2. The average molecular weight is 432 g/mol. The zero-order chi connectivity index (χ0) is 22.6. The Bertz CT molecular complexity index is 1350. The number of nitrogens with one attached hydrogen (secondary N) is 2. The van der Waals surface area contributed by atoms with E-state index in [4.69, 9.17) is 0 Å². The van der Waals surface area contributed by atoms with Crippen molar-refractivity contribution >= 4 is 22.7 Å². The average Bonchev–Trinajstić information content (AvgIpc) is 3.37. The first-order valence-corrected chi connectivity index (χ1v) is 10.6. The highest BCUT2D eigenvalue weighted by molar-refractivity contribution is 5.97. The van der Waals surface area contributed by atoms with Crippen molar-refractivity contribution in [2.75, 3.05) is 13.1 Å². The van der Waals surface area contributed by atoms with E-state index in [0.717, 1.165) is 44.8 Å². The number of ketones is 1. The van der Waals surface area contributed by atoms with Crippen molar-refractivity contribution in [2.24, 2.45) is 0 Å². The number of fused-ring (bicyclic) bond motifs is 1. The fourth-order valence-corrected chi connectivity index (χ4v) is 4.14. The van der Waals surface area contributed by atoms with E-state index in [-0.39, 0.29) is 24.2 Å². The van der Waals surface area contributed by atoms with E-state index in [2.05, 4.69) is 25.3 Å². The van der Waals surface area contributed by atoms with Gasteiger partial charge in [-0.3, -0.25) is 19.4 Å². The zero-order valence-electron chi connectivity index (χ0n) is 18.6. The number of carbonyl (C=O) groups is 2. The predicted octanol–water partition coefficient (Wildman–Crippen LogP) is 2.90. The highest BCUT2D eigenvalue weighted by Crippen LogP contribution is 2.29. The maximum Gasteiger partial charge on any atom is 0.219 e. The van der Waals surface area contributed by atoms with Crippen molar-refractivity contribution in [2.45, 2.75) is 40.2 Å². The van der Waals surface area contributed by atoms with Crippen LogP contribution >= 0.6 is 0 Å². The Morgan fingerprint density at radius 2 is 1.97 bits per heavy atom. The van der Waals surface area contributed by atoms with E-state index in [0.29, 0.717) is 18.8 Å². The third-order valence-electron chi connectivity index (χ3n) is 6.30. The van der Waals surface area contributed by atoms with Crippen LogP contribution < -0.4 is 0 Å². The third kappa shape index (κ3) is 3.39. The summed E-state index contributed by atoms with van der Waals surface area (Å²) >= 11 is 0. The number of likely N-dealkylation sites (tertiary alicyclic amines) is 1. The molecule has 164 valence electrons. The summed E-state index contributed by atoms with van der Waals surface area (Å²) in [5, 5.41) is 12.6. The fourth-order valence-electron chi connectivity index (χ4n) is 4.14. The molecule has 2 N–H and O–H groups in total. The number of nitrogens with zero attached hydrogens (tertiary/aromatic N) is 5. The van der Waals surface area contributed by atoms with Crippen LogP contribution in [0.2, 0.25) is 0 Å². The van der Waals surface area contributed by atoms with Crippen molar-refractivity contribution in [1.82, 2.24) is 34.8 Å². The maximum absolute atomic E-state index is 12.7. The second-order valence-electron chi connectivity index (χ2n) is 8.57. The van der Waals surface area contributed by atoms with Crippen molar-refractivity contribution in [3.63, 3.8) is 0 Å². The Morgan fingerprint density at radius 1 is 1.19 bits per heavy atom. The Morgan fingerprint density at radius 3 is 2.66 bits per heavy atom. The number of Topliss-reactive ketones (excluding diaryl/α,β-unsaturated/α-hetero) is 1. The molecule has 9 nitrogen and oxygen atoms in total. The number of aromatic nitrogens is 6. The Labute approximate surface area is 184 Å². The van der Waals surface area contributed by atoms with E-state index in [1.807, 2.05) is 48.7 Å². The summed E-state index contributed by atoms with van der Waals surface area (Å²) in [5.74, 6) is 0.0693. The van der Waals surface area contributed by atoms with Crippen LogP contribution in [0.25, 0.3) is 22.3 Å². The maximum atomic E-state index is 12.7. The van der Waals surface area contributed by atoms with Gasteiger partial charge in [-0.25, -0.2) is 4.98 Å². The van der Waals surface area contributed by atoms with Crippen molar-refractivity contribution < 1.29 is 9.59 Å². The number of hydrogen-bond donors (Lipinski definition) is 2. The SMILES string of the molecule is CC(=O)N1CC(n2cc(-c3cc4cc(CC(=O)c5n[nH]c(C)c5C)cnc4[nH]3)c(C)n2)C1. The van der Waals surface area contributed by atoms with Gasteiger partial charge in [-0.15, -0.1) is 0 Å². The first-order valence-electron chi connectivity index (χ1n) is 10.6. The van der Waals surface area contributed by atoms with Crippen molar-refractivity contribution in [1.29, 1.82) is 0 Å². The largest absolute Gasteiger partial charge is 0.339 e. The van der Waals surface area contributed by atoms with Gasteiger partial charge >= 0.3 is 0 Å². The molecule has 1 amide bonds. The second kappa shape index (κ2) is 7.44. The highest BCUT2D eigenvalue weighted by Gasteiger charge is 2.31. The minimum Gasteiger partial charge on any atom is -0.339 e. The summed E-state index contributed by atoms with van der Waals surface area (Å²) in [6.07, 6.45) is 4.01. The molecule has 1 fully saturated rings. The smallest absolute Gasteiger partial charge is 0.219 e. The lowest BCUT2D eigenvalue weighted by atomic mass is 10.0. The van der Waals surface area contributed by atoms with E-state index < -0.39 is 0 Å². The molecule has 5 rings (SSSR count). The number of rotatable bonds is 5. The monoisotopic (exact) mass is 431 g/mol. The molecule has 0 radical (unpaired) electrons. The Hall–Kier alpha value is -3.75. The van der Waals surface area contributed by atoms with Gasteiger partial charge in [0.1, 0.15) is 11.3 Å². The van der Waals surface area contributed by atoms with E-state index in [9.17, 15) is 9.59 Å².